The molecule has 2 aliphatic rings. The Labute approximate surface area is 142 Å². The molecule has 3 rings (SSSR count). The van der Waals surface area contributed by atoms with Gasteiger partial charge in [0.1, 0.15) is 5.84 Å². The van der Waals surface area contributed by atoms with Gasteiger partial charge < -0.3 is 15.2 Å². The van der Waals surface area contributed by atoms with Crippen molar-refractivity contribution in [1.29, 1.82) is 10.5 Å². The topological polar surface area (TPSA) is 104 Å². The van der Waals surface area contributed by atoms with Crippen LogP contribution in [0.4, 0.5) is 0 Å². The molecule has 2 N–H and O–H groups in total. The number of hydrogen-bond donors (Lipinski definition) is 1. The molecule has 0 bridgehead atoms. The first-order valence-corrected chi connectivity index (χ1v) is 7.71. The SMILES string of the molecule is COC1(OC)N=C(N)[C@@]2(C#N)[C@@](C)(c3ccc(Br)cc3)[C@@]12C#N. The van der Waals surface area contributed by atoms with E-state index in [1.54, 1.807) is 0 Å². The maximum atomic E-state index is 10.0. The van der Waals surface area contributed by atoms with E-state index in [9.17, 15) is 10.5 Å². The molecule has 3 atom stereocenters. The number of benzene rings is 1. The van der Waals surface area contributed by atoms with E-state index in [2.05, 4.69) is 33.1 Å². The van der Waals surface area contributed by atoms with Crippen LogP contribution >= 0.6 is 15.9 Å². The fraction of sp³-hybridized carbons (Fsp3) is 0.438. The summed E-state index contributed by atoms with van der Waals surface area (Å²) in [6.45, 7) is 1.83. The summed E-state index contributed by atoms with van der Waals surface area (Å²) in [4.78, 5) is 4.21. The van der Waals surface area contributed by atoms with Gasteiger partial charge in [-0.05, 0) is 17.7 Å². The smallest absolute Gasteiger partial charge is 0.293 e. The summed E-state index contributed by atoms with van der Waals surface area (Å²) in [5.41, 5.74) is 3.35. The molecule has 0 radical (unpaired) electrons. The van der Waals surface area contributed by atoms with E-state index >= 15 is 0 Å². The highest BCUT2D eigenvalue weighted by atomic mass is 79.9. The molecule has 0 amide bonds. The standard InChI is InChI=1S/C16H15BrN4O2/c1-13(10-4-6-11(17)7-5-10)14(8-18)12(20)21-16(22-2,23-3)15(13,14)9-19/h4-7H,1-3H3,(H2,20,21)/t13-,14+,15-/m1/s1. The van der Waals surface area contributed by atoms with Gasteiger partial charge in [0.25, 0.3) is 5.91 Å². The molecule has 23 heavy (non-hydrogen) atoms. The van der Waals surface area contributed by atoms with Gasteiger partial charge in [-0.3, -0.25) is 0 Å². The van der Waals surface area contributed by atoms with Crippen LogP contribution in [-0.2, 0) is 14.9 Å². The first-order valence-electron chi connectivity index (χ1n) is 6.92. The molecule has 0 aromatic heterocycles. The summed E-state index contributed by atoms with van der Waals surface area (Å²) in [6.07, 6.45) is 0. The summed E-state index contributed by atoms with van der Waals surface area (Å²) in [6, 6.07) is 11.9. The molecule has 0 spiro atoms. The molecule has 1 aliphatic heterocycles. The summed E-state index contributed by atoms with van der Waals surface area (Å²) in [5, 5.41) is 20.0. The van der Waals surface area contributed by atoms with E-state index in [0.717, 1.165) is 10.0 Å². The van der Waals surface area contributed by atoms with Gasteiger partial charge in [-0.15, -0.1) is 0 Å². The third kappa shape index (κ3) is 1.30. The molecule has 1 aromatic rings. The van der Waals surface area contributed by atoms with Gasteiger partial charge in [0.2, 0.25) is 0 Å². The number of aliphatic imine (C=N–C) groups is 1. The van der Waals surface area contributed by atoms with Crippen molar-refractivity contribution in [2.75, 3.05) is 14.2 Å². The van der Waals surface area contributed by atoms with Gasteiger partial charge in [-0.2, -0.15) is 10.5 Å². The Morgan fingerprint density at radius 3 is 2.13 bits per heavy atom. The highest BCUT2D eigenvalue weighted by Gasteiger charge is 2.99. The Bertz CT molecular complexity index is 790. The van der Waals surface area contributed by atoms with Crippen molar-refractivity contribution in [3.8, 4) is 12.1 Å². The predicted octanol–water partition coefficient (Wildman–Crippen LogP) is 2.06. The van der Waals surface area contributed by atoms with Gasteiger partial charge in [0.05, 0.1) is 12.1 Å². The highest BCUT2D eigenvalue weighted by Crippen LogP contribution is 2.85. The van der Waals surface area contributed by atoms with Crippen LogP contribution in [0, 0.1) is 33.5 Å². The van der Waals surface area contributed by atoms with Crippen molar-refractivity contribution in [3.05, 3.63) is 34.3 Å². The van der Waals surface area contributed by atoms with E-state index in [1.807, 2.05) is 31.2 Å². The average molecular weight is 375 g/mol. The van der Waals surface area contributed by atoms with Crippen LogP contribution in [-0.4, -0.2) is 26.0 Å². The molecule has 7 heteroatoms. The fourth-order valence-corrected chi connectivity index (χ4v) is 4.53. The van der Waals surface area contributed by atoms with Crippen LogP contribution in [0.2, 0.25) is 0 Å². The van der Waals surface area contributed by atoms with Crippen molar-refractivity contribution < 1.29 is 9.47 Å². The van der Waals surface area contributed by atoms with E-state index in [-0.39, 0.29) is 5.84 Å². The van der Waals surface area contributed by atoms with Crippen LogP contribution in [0.3, 0.4) is 0 Å². The van der Waals surface area contributed by atoms with Gasteiger partial charge in [-0.1, -0.05) is 35.0 Å². The lowest BCUT2D eigenvalue weighted by atomic mass is 9.84. The zero-order valence-electron chi connectivity index (χ0n) is 12.9. The number of nitriles is 2. The quantitative estimate of drug-likeness (QED) is 0.815. The van der Waals surface area contributed by atoms with Crippen molar-refractivity contribution in [3.63, 3.8) is 0 Å². The highest BCUT2D eigenvalue weighted by molar-refractivity contribution is 9.10. The summed E-state index contributed by atoms with van der Waals surface area (Å²) in [7, 11) is 2.79. The average Bonchev–Trinajstić information content (AvgIpc) is 2.97. The Balaban J connectivity index is 2.33. The van der Waals surface area contributed by atoms with Gasteiger partial charge >= 0.3 is 0 Å². The van der Waals surface area contributed by atoms with Crippen molar-refractivity contribution in [2.45, 2.75) is 18.2 Å². The summed E-state index contributed by atoms with van der Waals surface area (Å²) >= 11 is 3.39. The lowest BCUT2D eigenvalue weighted by Gasteiger charge is -2.32. The van der Waals surface area contributed by atoms with E-state index in [1.165, 1.54) is 14.2 Å². The minimum atomic E-state index is -1.61. The number of halogens is 1. The maximum Gasteiger partial charge on any atom is 0.293 e. The molecular formula is C16H15BrN4O2. The van der Waals surface area contributed by atoms with Crippen LogP contribution in [0.5, 0.6) is 0 Å². The predicted molar refractivity (Wildman–Crippen MR) is 86.0 cm³/mol. The Hall–Kier alpha value is -1.93. The Morgan fingerprint density at radius 1 is 1.13 bits per heavy atom. The molecule has 1 aliphatic carbocycles. The summed E-state index contributed by atoms with van der Waals surface area (Å²) < 4.78 is 11.8. The molecule has 0 saturated heterocycles. The van der Waals surface area contributed by atoms with E-state index < -0.39 is 22.2 Å². The number of amidine groups is 1. The molecule has 1 saturated carbocycles. The monoisotopic (exact) mass is 374 g/mol. The third-order valence-electron chi connectivity index (χ3n) is 5.44. The van der Waals surface area contributed by atoms with Gasteiger partial charge in [0.15, 0.2) is 10.8 Å². The molecule has 0 unspecified atom stereocenters. The van der Waals surface area contributed by atoms with Crippen molar-refractivity contribution in [2.24, 2.45) is 21.6 Å². The van der Waals surface area contributed by atoms with Crippen molar-refractivity contribution >= 4 is 21.8 Å². The number of nitrogens with two attached hydrogens (primary N) is 1. The number of nitrogens with zero attached hydrogens (tertiary/aromatic N) is 3. The zero-order valence-corrected chi connectivity index (χ0v) is 14.5. The van der Waals surface area contributed by atoms with Crippen LogP contribution in [0.15, 0.2) is 33.7 Å². The minimum Gasteiger partial charge on any atom is -0.386 e. The summed E-state index contributed by atoms with van der Waals surface area (Å²) in [5.74, 6) is -1.54. The minimum absolute atomic E-state index is 0.0654. The first-order chi connectivity index (χ1) is 10.9. The second-order valence-electron chi connectivity index (χ2n) is 5.84. The fourth-order valence-electron chi connectivity index (χ4n) is 4.26. The Kier molecular flexibility index (Phi) is 3.15. The first kappa shape index (κ1) is 15.9. The van der Waals surface area contributed by atoms with Gasteiger partial charge in [0, 0.05) is 24.1 Å². The van der Waals surface area contributed by atoms with E-state index in [4.69, 9.17) is 15.2 Å². The molecule has 1 fully saturated rings. The zero-order chi connectivity index (χ0) is 17.1. The molecule has 118 valence electrons. The largest absolute Gasteiger partial charge is 0.386 e. The van der Waals surface area contributed by atoms with Gasteiger partial charge in [-0.25, -0.2) is 4.99 Å². The molecule has 1 aromatic carbocycles. The number of hydrogen-bond acceptors (Lipinski definition) is 6. The maximum absolute atomic E-state index is 10.0. The van der Waals surface area contributed by atoms with Crippen LogP contribution < -0.4 is 5.73 Å². The number of methoxy groups -OCH3 is 2. The molecule has 1 heterocycles. The molecule has 6 nitrogen and oxygen atoms in total. The lowest BCUT2D eigenvalue weighted by molar-refractivity contribution is -0.233. The third-order valence-corrected chi connectivity index (χ3v) is 5.96. The Morgan fingerprint density at radius 2 is 1.70 bits per heavy atom. The van der Waals surface area contributed by atoms with Crippen molar-refractivity contribution in [1.82, 2.24) is 0 Å². The lowest BCUT2D eigenvalue weighted by Crippen LogP contribution is -2.44. The van der Waals surface area contributed by atoms with Crippen LogP contribution in [0.25, 0.3) is 0 Å². The normalized spacial score (nSPS) is 36.5. The van der Waals surface area contributed by atoms with Crippen LogP contribution in [0.1, 0.15) is 12.5 Å². The number of rotatable bonds is 3. The second kappa shape index (κ2) is 4.55. The molecular weight excluding hydrogens is 360 g/mol. The number of fused-ring (bicyclic) bond motifs is 1. The number of ether oxygens (including phenoxy) is 2. The van der Waals surface area contributed by atoms with E-state index in [0.29, 0.717) is 0 Å². The second-order valence-corrected chi connectivity index (χ2v) is 6.76.